The van der Waals surface area contributed by atoms with Crippen LogP contribution in [0.5, 0.6) is 0 Å². The molecule has 0 bridgehead atoms. The molecule has 0 atom stereocenters. The highest BCUT2D eigenvalue weighted by Gasteiger charge is 2.13. The third-order valence-electron chi connectivity index (χ3n) is 2.80. The van der Waals surface area contributed by atoms with E-state index in [1.807, 2.05) is 18.2 Å². The van der Waals surface area contributed by atoms with E-state index in [9.17, 15) is 9.59 Å². The molecule has 1 aromatic heterocycles. The summed E-state index contributed by atoms with van der Waals surface area (Å²) in [5.41, 5.74) is 2.12. The van der Waals surface area contributed by atoms with Crippen LogP contribution in [0.1, 0.15) is 15.9 Å². The first-order valence-corrected chi connectivity index (χ1v) is 6.65. The summed E-state index contributed by atoms with van der Waals surface area (Å²) in [7, 11) is 0. The van der Waals surface area contributed by atoms with Gasteiger partial charge in [-0.3, -0.25) is 9.78 Å². The fourth-order valence-electron chi connectivity index (χ4n) is 1.89. The van der Waals surface area contributed by atoms with E-state index >= 15 is 0 Å². The maximum atomic E-state index is 12.4. The number of oxazole rings is 1. The lowest BCUT2D eigenvalue weighted by Gasteiger charge is -2.03. The van der Waals surface area contributed by atoms with Crippen molar-refractivity contribution in [1.29, 1.82) is 0 Å². The monoisotopic (exact) mass is 365 g/mol. The topological polar surface area (TPSA) is 63.1 Å². The summed E-state index contributed by atoms with van der Waals surface area (Å²) in [4.78, 5) is 26.0. The fraction of sp³-hybridized carbons (Fsp3) is 0. The molecule has 3 aromatic rings. The van der Waals surface area contributed by atoms with Gasteiger partial charge in [-0.25, -0.2) is 4.79 Å². The molecule has 0 fully saturated rings. The van der Waals surface area contributed by atoms with Crippen LogP contribution in [0.25, 0.3) is 11.1 Å². The third-order valence-corrected chi connectivity index (χ3v) is 3.74. The molecule has 19 heavy (non-hydrogen) atoms. The van der Waals surface area contributed by atoms with Crippen LogP contribution in [-0.4, -0.2) is 10.8 Å². The lowest BCUT2D eigenvalue weighted by Crippen LogP contribution is -2.03. The van der Waals surface area contributed by atoms with Crippen LogP contribution in [0.4, 0.5) is 0 Å². The Balaban J connectivity index is 2.11. The highest BCUT2D eigenvalue weighted by Crippen LogP contribution is 2.19. The van der Waals surface area contributed by atoms with Gasteiger partial charge in [0, 0.05) is 14.7 Å². The number of benzene rings is 2. The molecule has 5 heteroatoms. The molecule has 94 valence electrons. The number of aromatic amines is 1. The molecule has 1 N–H and O–H groups in total. The second-order valence-electron chi connectivity index (χ2n) is 4.03. The van der Waals surface area contributed by atoms with Crippen molar-refractivity contribution in [2.75, 3.05) is 0 Å². The average molecular weight is 365 g/mol. The molecule has 0 aliphatic carbocycles. The number of rotatable bonds is 2. The molecule has 4 nitrogen and oxygen atoms in total. The highest BCUT2D eigenvalue weighted by atomic mass is 127. The minimum absolute atomic E-state index is 0.0873. The van der Waals surface area contributed by atoms with Crippen molar-refractivity contribution in [3.8, 4) is 0 Å². The van der Waals surface area contributed by atoms with Crippen LogP contribution in [0.3, 0.4) is 0 Å². The van der Waals surface area contributed by atoms with Gasteiger partial charge in [-0.05, 0) is 52.9 Å². The Hall–Kier alpha value is -1.89. The Morgan fingerprint density at radius 3 is 2.74 bits per heavy atom. The summed E-state index contributed by atoms with van der Waals surface area (Å²) >= 11 is 2.12. The number of aromatic nitrogens is 1. The SMILES string of the molecule is O=C(c1ccc2[nH]c(=O)oc2c1)c1ccccc1I. The first-order valence-electron chi connectivity index (χ1n) is 5.57. The minimum Gasteiger partial charge on any atom is -0.408 e. The van der Waals surface area contributed by atoms with Crippen molar-refractivity contribution in [2.24, 2.45) is 0 Å². The molecular formula is C14H8INO3. The first-order chi connectivity index (χ1) is 9.15. The molecule has 0 aliphatic rings. The second kappa shape index (κ2) is 4.65. The zero-order valence-corrected chi connectivity index (χ0v) is 11.8. The van der Waals surface area contributed by atoms with Crippen LogP contribution >= 0.6 is 22.6 Å². The van der Waals surface area contributed by atoms with Gasteiger partial charge in [0.15, 0.2) is 11.4 Å². The second-order valence-corrected chi connectivity index (χ2v) is 5.20. The van der Waals surface area contributed by atoms with Crippen LogP contribution in [-0.2, 0) is 0 Å². The standard InChI is InChI=1S/C14H8INO3/c15-10-4-2-1-3-9(10)13(17)8-5-6-11-12(7-8)19-14(18)16-11/h1-7H,(H,16,18). The molecule has 0 saturated heterocycles. The van der Waals surface area contributed by atoms with Crippen molar-refractivity contribution >= 4 is 39.5 Å². The van der Waals surface area contributed by atoms with E-state index in [0.717, 1.165) is 3.57 Å². The number of nitrogens with one attached hydrogen (secondary N) is 1. The van der Waals surface area contributed by atoms with E-state index in [1.165, 1.54) is 0 Å². The Kier molecular flexibility index (Phi) is 2.98. The van der Waals surface area contributed by atoms with Gasteiger partial charge in [-0.2, -0.15) is 0 Å². The average Bonchev–Trinajstić information content (AvgIpc) is 2.77. The summed E-state index contributed by atoms with van der Waals surface area (Å²) in [6.45, 7) is 0. The molecule has 0 aliphatic heterocycles. The number of fused-ring (bicyclic) bond motifs is 1. The van der Waals surface area contributed by atoms with Gasteiger partial charge in [0.25, 0.3) is 0 Å². The van der Waals surface area contributed by atoms with Gasteiger partial charge in [-0.1, -0.05) is 12.1 Å². The maximum Gasteiger partial charge on any atom is 0.417 e. The number of carbonyl (C=O) groups excluding carboxylic acids is 1. The van der Waals surface area contributed by atoms with Gasteiger partial charge >= 0.3 is 5.76 Å². The zero-order valence-electron chi connectivity index (χ0n) is 9.64. The Bertz CT molecular complexity index is 832. The third kappa shape index (κ3) is 2.21. The van der Waals surface area contributed by atoms with E-state index in [0.29, 0.717) is 22.2 Å². The van der Waals surface area contributed by atoms with Crippen LogP contribution in [0, 0.1) is 3.57 Å². The number of hydrogen-bond acceptors (Lipinski definition) is 3. The van der Waals surface area contributed by atoms with Gasteiger partial charge in [0.1, 0.15) is 0 Å². The molecular weight excluding hydrogens is 357 g/mol. The van der Waals surface area contributed by atoms with Crippen molar-refractivity contribution < 1.29 is 9.21 Å². The zero-order chi connectivity index (χ0) is 13.4. The van der Waals surface area contributed by atoms with Gasteiger partial charge < -0.3 is 4.42 Å². The largest absolute Gasteiger partial charge is 0.417 e. The van der Waals surface area contributed by atoms with Crippen LogP contribution < -0.4 is 5.76 Å². The highest BCUT2D eigenvalue weighted by molar-refractivity contribution is 14.1. The predicted molar refractivity (Wildman–Crippen MR) is 79.4 cm³/mol. The number of halogens is 1. The molecule has 0 spiro atoms. The normalized spacial score (nSPS) is 10.8. The number of hydrogen-bond donors (Lipinski definition) is 1. The quantitative estimate of drug-likeness (QED) is 0.561. The smallest absolute Gasteiger partial charge is 0.408 e. The fourth-order valence-corrected chi connectivity index (χ4v) is 2.52. The van der Waals surface area contributed by atoms with E-state index in [4.69, 9.17) is 4.42 Å². The first kappa shape index (κ1) is 12.2. The Labute approximate surface area is 121 Å². The summed E-state index contributed by atoms with van der Waals surface area (Å²) in [5.74, 6) is -0.607. The lowest BCUT2D eigenvalue weighted by atomic mass is 10.0. The Morgan fingerprint density at radius 2 is 1.95 bits per heavy atom. The molecule has 3 rings (SSSR count). The van der Waals surface area contributed by atoms with E-state index in [-0.39, 0.29) is 5.78 Å². The lowest BCUT2D eigenvalue weighted by molar-refractivity contribution is 0.103. The van der Waals surface area contributed by atoms with Crippen molar-refractivity contribution in [2.45, 2.75) is 0 Å². The van der Waals surface area contributed by atoms with Crippen molar-refractivity contribution in [3.05, 3.63) is 67.7 Å². The van der Waals surface area contributed by atoms with Gasteiger partial charge in [-0.15, -0.1) is 0 Å². The van der Waals surface area contributed by atoms with Gasteiger partial charge in [0.2, 0.25) is 0 Å². The summed E-state index contributed by atoms with van der Waals surface area (Å²) in [6, 6.07) is 12.3. The molecule has 1 heterocycles. The summed E-state index contributed by atoms with van der Waals surface area (Å²) < 4.78 is 5.85. The van der Waals surface area contributed by atoms with Crippen LogP contribution in [0.2, 0.25) is 0 Å². The van der Waals surface area contributed by atoms with Crippen molar-refractivity contribution in [3.63, 3.8) is 0 Å². The molecule has 0 unspecified atom stereocenters. The van der Waals surface area contributed by atoms with E-state index in [1.54, 1.807) is 24.3 Å². The summed E-state index contributed by atoms with van der Waals surface area (Å²) in [6.07, 6.45) is 0. The van der Waals surface area contributed by atoms with Gasteiger partial charge in [0.05, 0.1) is 5.52 Å². The van der Waals surface area contributed by atoms with Crippen LogP contribution in [0.15, 0.2) is 51.7 Å². The number of carbonyl (C=O) groups is 1. The number of ketones is 1. The van der Waals surface area contributed by atoms with E-state index in [2.05, 4.69) is 27.6 Å². The molecule has 2 aromatic carbocycles. The van der Waals surface area contributed by atoms with E-state index < -0.39 is 5.76 Å². The predicted octanol–water partition coefficient (Wildman–Crippen LogP) is 2.96. The molecule has 0 amide bonds. The maximum absolute atomic E-state index is 12.4. The number of H-pyrrole nitrogens is 1. The van der Waals surface area contributed by atoms with Crippen molar-refractivity contribution in [1.82, 2.24) is 4.98 Å². The summed E-state index contributed by atoms with van der Waals surface area (Å²) in [5, 5.41) is 0. The Morgan fingerprint density at radius 1 is 1.16 bits per heavy atom. The minimum atomic E-state index is -0.520. The molecule has 0 radical (unpaired) electrons. The molecule has 0 saturated carbocycles.